The zero-order valence-electron chi connectivity index (χ0n) is 13.4. The number of aromatic nitrogens is 1. The van der Waals surface area contributed by atoms with Gasteiger partial charge in [0.2, 0.25) is 8.03 Å². The number of alkyl carbamates (subject to hydrolysis) is 1. The number of benzene rings is 2. The molecule has 3 rings (SSSR count). The van der Waals surface area contributed by atoms with Crippen molar-refractivity contribution in [1.82, 2.24) is 10.3 Å². The summed E-state index contributed by atoms with van der Waals surface area (Å²) in [4.78, 5) is 24.6. The van der Waals surface area contributed by atoms with Crippen LogP contribution in [0.5, 0.6) is 0 Å². The third kappa shape index (κ3) is 4.50. The maximum atomic E-state index is 11.9. The Hall–Kier alpha value is -2.56. The maximum Gasteiger partial charge on any atom is 0.408 e. The van der Waals surface area contributed by atoms with Gasteiger partial charge in [0.15, 0.2) is 0 Å². The first kappa shape index (κ1) is 17.3. The molecule has 0 aliphatic rings. The Labute approximate surface area is 145 Å². The van der Waals surface area contributed by atoms with E-state index in [4.69, 9.17) is 4.74 Å². The Kier molecular flexibility index (Phi) is 5.53. The number of hydrogen-bond donors (Lipinski definition) is 3. The minimum absolute atomic E-state index is 0.110. The van der Waals surface area contributed by atoms with Gasteiger partial charge in [-0.15, -0.1) is 0 Å². The Morgan fingerprint density at radius 1 is 1.16 bits per heavy atom. The van der Waals surface area contributed by atoms with Crippen LogP contribution in [0.15, 0.2) is 60.8 Å². The van der Waals surface area contributed by atoms with Gasteiger partial charge < -0.3 is 19.9 Å². The zero-order valence-corrected chi connectivity index (χ0v) is 14.4. The lowest BCUT2D eigenvalue weighted by Gasteiger charge is -2.15. The summed E-state index contributed by atoms with van der Waals surface area (Å²) in [6.07, 6.45) is 1.33. The third-order valence-electron chi connectivity index (χ3n) is 3.90. The Morgan fingerprint density at radius 3 is 2.64 bits per heavy atom. The summed E-state index contributed by atoms with van der Waals surface area (Å²) in [6.45, 7) is 0.110. The van der Waals surface area contributed by atoms with Crippen molar-refractivity contribution >= 4 is 25.0 Å². The molecule has 1 heterocycles. The molecule has 0 bridgehead atoms. The lowest BCUT2D eigenvalue weighted by molar-refractivity contribution is 0.138. The maximum absolute atomic E-state index is 11.9. The highest BCUT2D eigenvalue weighted by Gasteiger charge is 2.20. The molecule has 0 fully saturated rings. The first-order chi connectivity index (χ1) is 12.1. The molecule has 3 aromatic rings. The second kappa shape index (κ2) is 8.01. The van der Waals surface area contributed by atoms with Gasteiger partial charge in [0.1, 0.15) is 12.4 Å². The second-order valence-corrected chi connectivity index (χ2v) is 7.03. The van der Waals surface area contributed by atoms with Gasteiger partial charge in [-0.25, -0.2) is 4.79 Å². The van der Waals surface area contributed by atoms with Crippen LogP contribution in [0, 0.1) is 0 Å². The summed E-state index contributed by atoms with van der Waals surface area (Å²) in [5.41, 5.74) is 2.67. The Bertz CT molecular complexity index is 879. The number of hydrogen-bond acceptors (Lipinski definition) is 3. The average molecular weight is 358 g/mol. The highest BCUT2D eigenvalue weighted by atomic mass is 31.1. The van der Waals surface area contributed by atoms with Crippen molar-refractivity contribution in [3.63, 3.8) is 0 Å². The van der Waals surface area contributed by atoms with Crippen LogP contribution in [0.1, 0.15) is 11.1 Å². The van der Waals surface area contributed by atoms with Crippen LogP contribution in [-0.2, 0) is 22.3 Å². The van der Waals surface area contributed by atoms with Gasteiger partial charge in [0.05, 0.1) is 0 Å². The molecule has 0 radical (unpaired) electrons. The van der Waals surface area contributed by atoms with Gasteiger partial charge in [-0.2, -0.15) is 0 Å². The molecular formula is C18H19N2O4P. The zero-order chi connectivity index (χ0) is 17.6. The molecular weight excluding hydrogens is 339 g/mol. The van der Waals surface area contributed by atoms with E-state index >= 15 is 0 Å². The number of fused-ring (bicyclic) bond motifs is 1. The van der Waals surface area contributed by atoms with E-state index in [-0.39, 0.29) is 13.0 Å². The van der Waals surface area contributed by atoms with Gasteiger partial charge in [0.25, 0.3) is 0 Å². The fourth-order valence-electron chi connectivity index (χ4n) is 2.63. The van der Waals surface area contributed by atoms with Crippen molar-refractivity contribution < 1.29 is 19.0 Å². The van der Waals surface area contributed by atoms with Crippen molar-refractivity contribution in [1.29, 1.82) is 0 Å². The molecule has 0 aliphatic carbocycles. The molecule has 0 aliphatic heterocycles. The average Bonchev–Trinajstić information content (AvgIpc) is 3.03. The van der Waals surface area contributed by atoms with Gasteiger partial charge >= 0.3 is 6.09 Å². The van der Waals surface area contributed by atoms with Crippen molar-refractivity contribution in [2.24, 2.45) is 0 Å². The summed E-state index contributed by atoms with van der Waals surface area (Å²) >= 11 is 0. The molecule has 1 amide bonds. The number of rotatable bonds is 6. The molecule has 7 heteroatoms. The van der Waals surface area contributed by atoms with Crippen LogP contribution in [-0.4, -0.2) is 21.8 Å². The van der Waals surface area contributed by atoms with E-state index in [1.807, 2.05) is 54.6 Å². The van der Waals surface area contributed by atoms with Crippen molar-refractivity contribution in [3.8, 4) is 0 Å². The Balaban J connectivity index is 1.63. The number of amides is 1. The van der Waals surface area contributed by atoms with E-state index in [9.17, 15) is 14.3 Å². The topological polar surface area (TPSA) is 91.4 Å². The van der Waals surface area contributed by atoms with Crippen molar-refractivity contribution in [2.75, 3.05) is 0 Å². The summed E-state index contributed by atoms with van der Waals surface area (Å²) in [5.74, 6) is -0.882. The molecule has 2 unspecified atom stereocenters. The van der Waals surface area contributed by atoms with Crippen LogP contribution < -0.4 is 5.32 Å². The van der Waals surface area contributed by atoms with E-state index < -0.39 is 19.9 Å². The number of carbonyl (C=O) groups is 1. The predicted molar refractivity (Wildman–Crippen MR) is 96.8 cm³/mol. The van der Waals surface area contributed by atoms with Crippen LogP contribution >= 0.6 is 8.03 Å². The predicted octanol–water partition coefficient (Wildman–Crippen LogP) is 3.43. The summed E-state index contributed by atoms with van der Waals surface area (Å²) in [5, 5.41) is 3.47. The van der Waals surface area contributed by atoms with Crippen LogP contribution in [0.3, 0.4) is 0 Å². The Morgan fingerprint density at radius 2 is 1.88 bits per heavy atom. The standard InChI is InChI=1S/C18H19N2O4P/c21-18(24-12-13-6-2-1-3-7-13)20-17(25(22)23)10-14-11-19-16-9-5-4-8-15(14)16/h1-9,11,17,19,25H,10,12H2,(H,20,21)(H,22,23). The second-order valence-electron chi connectivity index (χ2n) is 5.66. The summed E-state index contributed by atoms with van der Waals surface area (Å²) < 4.78 is 16.8. The van der Waals surface area contributed by atoms with E-state index in [0.29, 0.717) is 0 Å². The first-order valence-corrected chi connectivity index (χ1v) is 9.32. The van der Waals surface area contributed by atoms with Gasteiger partial charge in [0, 0.05) is 23.5 Å². The number of aromatic amines is 1. The van der Waals surface area contributed by atoms with Crippen LogP contribution in [0.25, 0.3) is 10.9 Å². The van der Waals surface area contributed by atoms with Gasteiger partial charge in [-0.1, -0.05) is 48.5 Å². The summed E-state index contributed by atoms with van der Waals surface area (Å²) in [7, 11) is -2.97. The number of ether oxygens (including phenoxy) is 1. The monoisotopic (exact) mass is 358 g/mol. The molecule has 2 aromatic carbocycles. The molecule has 2 atom stereocenters. The number of nitrogens with one attached hydrogen (secondary N) is 2. The highest BCUT2D eigenvalue weighted by Crippen LogP contribution is 2.27. The summed E-state index contributed by atoms with van der Waals surface area (Å²) in [6, 6.07) is 16.9. The van der Waals surface area contributed by atoms with Gasteiger partial charge in [-0.3, -0.25) is 4.57 Å². The van der Waals surface area contributed by atoms with E-state index in [1.165, 1.54) is 0 Å². The molecule has 0 saturated carbocycles. The minimum Gasteiger partial charge on any atom is -0.445 e. The lowest BCUT2D eigenvalue weighted by Crippen LogP contribution is -2.34. The number of carbonyl (C=O) groups excluding carboxylic acids is 1. The third-order valence-corrected chi connectivity index (χ3v) is 4.85. The largest absolute Gasteiger partial charge is 0.445 e. The van der Waals surface area contributed by atoms with Crippen LogP contribution in [0.2, 0.25) is 0 Å². The molecule has 0 saturated heterocycles. The number of para-hydroxylation sites is 1. The molecule has 6 nitrogen and oxygen atoms in total. The SMILES string of the molecule is O=C(NC(Cc1c[nH]c2ccccc12)[PH](=O)O)OCc1ccccc1. The van der Waals surface area contributed by atoms with E-state index in [0.717, 1.165) is 22.0 Å². The number of H-pyrrole nitrogens is 1. The smallest absolute Gasteiger partial charge is 0.408 e. The quantitative estimate of drug-likeness (QED) is 0.589. The molecule has 25 heavy (non-hydrogen) atoms. The fraction of sp³-hybridized carbons (Fsp3) is 0.167. The molecule has 3 N–H and O–H groups in total. The molecule has 0 spiro atoms. The van der Waals surface area contributed by atoms with Crippen molar-refractivity contribution in [3.05, 3.63) is 71.9 Å². The first-order valence-electron chi connectivity index (χ1n) is 7.88. The van der Waals surface area contributed by atoms with Crippen LogP contribution in [0.4, 0.5) is 4.79 Å². The highest BCUT2D eigenvalue weighted by molar-refractivity contribution is 7.38. The lowest BCUT2D eigenvalue weighted by atomic mass is 10.1. The molecule has 130 valence electrons. The fourth-order valence-corrected chi connectivity index (χ4v) is 3.26. The minimum atomic E-state index is -2.97. The van der Waals surface area contributed by atoms with E-state index in [1.54, 1.807) is 6.20 Å². The van der Waals surface area contributed by atoms with Crippen molar-refractivity contribution in [2.45, 2.75) is 18.8 Å². The normalized spacial score (nSPS) is 13.3. The van der Waals surface area contributed by atoms with E-state index in [2.05, 4.69) is 10.3 Å². The molecule has 1 aromatic heterocycles. The van der Waals surface area contributed by atoms with Gasteiger partial charge in [-0.05, 0) is 17.2 Å².